The molecule has 2 N–H and O–H groups in total. The smallest absolute Gasteiger partial charge is 0.269 e. The van der Waals surface area contributed by atoms with Crippen LogP contribution in [-0.4, -0.2) is 29.1 Å². The third kappa shape index (κ3) is 4.11. The first-order chi connectivity index (χ1) is 14.3. The van der Waals surface area contributed by atoms with Crippen molar-refractivity contribution >= 4 is 35.0 Å². The maximum Gasteiger partial charge on any atom is 0.269 e. The molecule has 2 aromatic rings. The number of nitro benzene ring substituents is 1. The molecule has 1 heterocycles. The molecule has 1 fully saturated rings. The van der Waals surface area contributed by atoms with Crippen molar-refractivity contribution in [1.29, 1.82) is 5.26 Å². The highest BCUT2D eigenvalue weighted by atomic mass is 32.2. The summed E-state index contributed by atoms with van der Waals surface area (Å²) in [5.41, 5.74) is 5.93. The van der Waals surface area contributed by atoms with Crippen molar-refractivity contribution in [3.8, 4) is 11.8 Å². The van der Waals surface area contributed by atoms with Gasteiger partial charge in [-0.15, -0.1) is 0 Å². The zero-order valence-corrected chi connectivity index (χ0v) is 16.6. The van der Waals surface area contributed by atoms with Gasteiger partial charge < -0.3 is 10.5 Å². The molecule has 152 valence electrons. The summed E-state index contributed by atoms with van der Waals surface area (Å²) in [5, 5.41) is 19.9. The Balaban J connectivity index is 2.03. The minimum Gasteiger partial charge on any atom is -0.497 e. The zero-order chi connectivity index (χ0) is 21.8. The number of nitrogens with two attached hydrogens (primary N) is 1. The minimum atomic E-state index is -0.948. The number of methoxy groups -OCH3 is 1. The number of benzene rings is 2. The molecule has 30 heavy (non-hydrogen) atoms. The summed E-state index contributed by atoms with van der Waals surface area (Å²) >= 11 is 1.03. The number of anilines is 1. The van der Waals surface area contributed by atoms with Crippen LogP contribution in [0.5, 0.6) is 5.75 Å². The van der Waals surface area contributed by atoms with E-state index in [4.69, 9.17) is 10.5 Å². The predicted molar refractivity (Wildman–Crippen MR) is 110 cm³/mol. The largest absolute Gasteiger partial charge is 0.497 e. The lowest BCUT2D eigenvalue weighted by Gasteiger charge is -2.18. The topological polar surface area (TPSA) is 140 Å². The lowest BCUT2D eigenvalue weighted by molar-refractivity contribution is -0.384. The average Bonchev–Trinajstić information content (AvgIpc) is 3.04. The standard InChI is InChI=1S/C20H16N4O5S/c1-29-15-7-3-5-13(10-15)23-19(26)17(30-20(23)16(11-21)18(22)25)9-12-4-2-6-14(8-12)24(27)28/h2-8,10,17H,9H2,1H3,(H2,22,25)/b20-16-/t17-/m0/s1. The highest BCUT2D eigenvalue weighted by Gasteiger charge is 2.40. The Morgan fingerprint density at radius 1 is 1.33 bits per heavy atom. The van der Waals surface area contributed by atoms with Crippen LogP contribution < -0.4 is 15.4 Å². The number of amides is 2. The summed E-state index contributed by atoms with van der Waals surface area (Å²) in [6.45, 7) is 0. The number of carbonyl (C=O) groups excluding carboxylic acids is 2. The molecule has 0 aromatic heterocycles. The van der Waals surface area contributed by atoms with Crippen LogP contribution in [0.3, 0.4) is 0 Å². The number of nitro groups is 1. The van der Waals surface area contributed by atoms with Crippen molar-refractivity contribution < 1.29 is 19.2 Å². The van der Waals surface area contributed by atoms with Crippen LogP contribution in [0.2, 0.25) is 0 Å². The maximum atomic E-state index is 13.2. The van der Waals surface area contributed by atoms with Gasteiger partial charge in [0.05, 0.1) is 23.0 Å². The van der Waals surface area contributed by atoms with Crippen LogP contribution in [0.4, 0.5) is 11.4 Å². The molecule has 0 radical (unpaired) electrons. The number of thioether (sulfide) groups is 1. The Bertz CT molecular complexity index is 1110. The summed E-state index contributed by atoms with van der Waals surface area (Å²) in [5.74, 6) is -0.829. The summed E-state index contributed by atoms with van der Waals surface area (Å²) in [6.07, 6.45) is 0.173. The SMILES string of the molecule is COc1cccc(N2C(=O)[C@H](Cc3cccc([N+](=O)[O-])c3)S/C2=C(/C#N)C(N)=O)c1. The third-order valence-electron chi connectivity index (χ3n) is 4.38. The van der Waals surface area contributed by atoms with E-state index in [9.17, 15) is 25.0 Å². The van der Waals surface area contributed by atoms with Gasteiger partial charge in [0, 0.05) is 18.2 Å². The molecule has 0 saturated carbocycles. The fraction of sp³-hybridized carbons (Fsp3) is 0.150. The summed E-state index contributed by atoms with van der Waals surface area (Å²) in [4.78, 5) is 36.8. The first kappa shape index (κ1) is 20.9. The van der Waals surface area contributed by atoms with E-state index in [1.165, 1.54) is 30.2 Å². The summed E-state index contributed by atoms with van der Waals surface area (Å²) < 4.78 is 5.20. The van der Waals surface area contributed by atoms with Gasteiger partial charge in [0.25, 0.3) is 11.6 Å². The Morgan fingerprint density at radius 3 is 2.70 bits per heavy atom. The number of hydrogen-bond donors (Lipinski definition) is 1. The number of nitriles is 1. The highest BCUT2D eigenvalue weighted by molar-refractivity contribution is 8.05. The molecule has 1 atom stereocenters. The van der Waals surface area contributed by atoms with Gasteiger partial charge in [0.15, 0.2) is 0 Å². The van der Waals surface area contributed by atoms with Crippen molar-refractivity contribution in [2.45, 2.75) is 11.7 Å². The van der Waals surface area contributed by atoms with Crippen LogP contribution in [0.1, 0.15) is 5.56 Å². The van der Waals surface area contributed by atoms with Crippen molar-refractivity contribution in [2.24, 2.45) is 5.73 Å². The van der Waals surface area contributed by atoms with Crippen molar-refractivity contribution in [3.05, 3.63) is 74.8 Å². The zero-order valence-electron chi connectivity index (χ0n) is 15.8. The lowest BCUT2D eigenvalue weighted by atomic mass is 10.1. The Morgan fingerprint density at radius 2 is 2.07 bits per heavy atom. The number of carbonyl (C=O) groups is 2. The Kier molecular flexibility index (Phi) is 6.03. The van der Waals surface area contributed by atoms with Crippen LogP contribution in [-0.2, 0) is 16.0 Å². The quantitative estimate of drug-likeness (QED) is 0.325. The number of non-ortho nitro benzene ring substituents is 1. The third-order valence-corrected chi connectivity index (χ3v) is 5.64. The van der Waals surface area contributed by atoms with E-state index < -0.39 is 16.1 Å². The molecular weight excluding hydrogens is 408 g/mol. The maximum absolute atomic E-state index is 13.2. The molecule has 3 rings (SSSR count). The van der Waals surface area contributed by atoms with E-state index in [1.54, 1.807) is 36.4 Å². The summed E-state index contributed by atoms with van der Waals surface area (Å²) in [6, 6.07) is 14.4. The fourth-order valence-corrected chi connectivity index (χ4v) is 4.31. The molecule has 10 heteroatoms. The molecule has 9 nitrogen and oxygen atoms in total. The molecule has 0 unspecified atom stereocenters. The van der Waals surface area contributed by atoms with Crippen LogP contribution in [0.25, 0.3) is 0 Å². The van der Waals surface area contributed by atoms with Crippen molar-refractivity contribution in [1.82, 2.24) is 0 Å². The minimum absolute atomic E-state index is 0.0850. The molecule has 2 aromatic carbocycles. The average molecular weight is 424 g/mol. The van der Waals surface area contributed by atoms with Gasteiger partial charge in [0.1, 0.15) is 22.4 Å². The highest BCUT2D eigenvalue weighted by Crippen LogP contribution is 2.42. The van der Waals surface area contributed by atoms with E-state index in [0.29, 0.717) is 17.0 Å². The molecule has 1 aliphatic rings. The first-order valence-electron chi connectivity index (χ1n) is 8.68. The molecule has 1 saturated heterocycles. The fourth-order valence-electron chi connectivity index (χ4n) is 3.00. The predicted octanol–water partition coefficient (Wildman–Crippen LogP) is 2.51. The second kappa shape index (κ2) is 8.67. The summed E-state index contributed by atoms with van der Waals surface area (Å²) in [7, 11) is 1.48. The number of hydrogen-bond acceptors (Lipinski definition) is 7. The molecule has 0 aliphatic carbocycles. The molecule has 0 bridgehead atoms. The number of nitrogens with zero attached hydrogens (tertiary/aromatic N) is 3. The molecule has 0 spiro atoms. The first-order valence-corrected chi connectivity index (χ1v) is 9.56. The Labute approximate surface area is 175 Å². The van der Waals surface area contributed by atoms with Gasteiger partial charge in [-0.05, 0) is 24.1 Å². The van der Waals surface area contributed by atoms with Gasteiger partial charge in [-0.1, -0.05) is 30.0 Å². The van der Waals surface area contributed by atoms with Crippen molar-refractivity contribution in [2.75, 3.05) is 12.0 Å². The van der Waals surface area contributed by atoms with E-state index in [-0.39, 0.29) is 28.6 Å². The van der Waals surface area contributed by atoms with Gasteiger partial charge >= 0.3 is 0 Å². The number of ether oxygens (including phenoxy) is 1. The van der Waals surface area contributed by atoms with Crippen molar-refractivity contribution in [3.63, 3.8) is 0 Å². The van der Waals surface area contributed by atoms with E-state index in [2.05, 4.69) is 0 Å². The molecule has 2 amide bonds. The van der Waals surface area contributed by atoms with E-state index >= 15 is 0 Å². The van der Waals surface area contributed by atoms with E-state index in [0.717, 1.165) is 11.8 Å². The second-order valence-electron chi connectivity index (χ2n) is 6.27. The van der Waals surface area contributed by atoms with Gasteiger partial charge in [-0.3, -0.25) is 24.6 Å². The lowest BCUT2D eigenvalue weighted by Crippen LogP contribution is -2.31. The molecule has 1 aliphatic heterocycles. The van der Waals surface area contributed by atoms with Crippen LogP contribution in [0.15, 0.2) is 59.1 Å². The van der Waals surface area contributed by atoms with Crippen LogP contribution in [0, 0.1) is 21.4 Å². The normalized spacial score (nSPS) is 17.4. The van der Waals surface area contributed by atoms with Gasteiger partial charge in [-0.25, -0.2) is 0 Å². The van der Waals surface area contributed by atoms with Crippen LogP contribution >= 0.6 is 11.8 Å². The number of rotatable bonds is 6. The van der Waals surface area contributed by atoms with E-state index in [1.807, 2.05) is 0 Å². The molecular formula is C20H16N4O5S. The monoisotopic (exact) mass is 424 g/mol. The van der Waals surface area contributed by atoms with Gasteiger partial charge in [-0.2, -0.15) is 5.26 Å². The number of primary amides is 1. The Hall–Kier alpha value is -3.84. The second-order valence-corrected chi connectivity index (χ2v) is 7.46. The van der Waals surface area contributed by atoms with Gasteiger partial charge in [0.2, 0.25) is 5.91 Å².